The SMILES string of the molecule is O=C(Cc1ccc(Cl)c(Oc2cccc(Cl)c2)c1)Nc1ccccc1. The summed E-state index contributed by atoms with van der Waals surface area (Å²) in [7, 11) is 0. The number of amides is 1. The summed E-state index contributed by atoms with van der Waals surface area (Å²) in [5.74, 6) is 0.955. The number of carbonyl (C=O) groups is 1. The standard InChI is InChI=1S/C20H15Cl2NO2/c21-15-5-4-8-17(13-15)25-19-11-14(9-10-18(19)22)12-20(24)23-16-6-2-1-3-7-16/h1-11,13H,12H2,(H,23,24). The molecule has 5 heteroatoms. The molecule has 3 nitrogen and oxygen atoms in total. The summed E-state index contributed by atoms with van der Waals surface area (Å²) >= 11 is 12.2. The fourth-order valence-corrected chi connectivity index (χ4v) is 2.64. The lowest BCUT2D eigenvalue weighted by Gasteiger charge is -2.10. The summed E-state index contributed by atoms with van der Waals surface area (Å²) in [4.78, 5) is 12.2. The van der Waals surface area contributed by atoms with Crippen LogP contribution in [-0.2, 0) is 11.2 Å². The molecule has 1 amide bonds. The summed E-state index contributed by atoms with van der Waals surface area (Å²) in [6, 6.07) is 21.6. The van der Waals surface area contributed by atoms with Crippen LogP contribution in [0.1, 0.15) is 5.56 Å². The molecule has 0 fully saturated rings. The first kappa shape index (κ1) is 17.3. The van der Waals surface area contributed by atoms with Crippen LogP contribution >= 0.6 is 23.2 Å². The molecular formula is C20H15Cl2NO2. The van der Waals surface area contributed by atoms with Gasteiger partial charge in [0.1, 0.15) is 11.5 Å². The third-order valence-electron chi connectivity index (χ3n) is 3.44. The van der Waals surface area contributed by atoms with E-state index in [0.717, 1.165) is 11.3 Å². The van der Waals surface area contributed by atoms with E-state index >= 15 is 0 Å². The predicted octanol–water partition coefficient (Wildman–Crippen LogP) is 5.97. The number of carbonyl (C=O) groups excluding carboxylic acids is 1. The molecule has 1 N–H and O–H groups in total. The molecule has 0 atom stereocenters. The highest BCUT2D eigenvalue weighted by Gasteiger charge is 2.09. The number of ether oxygens (including phenoxy) is 1. The van der Waals surface area contributed by atoms with Crippen LogP contribution in [-0.4, -0.2) is 5.91 Å². The summed E-state index contributed by atoms with van der Waals surface area (Å²) in [6.45, 7) is 0. The molecule has 25 heavy (non-hydrogen) atoms. The molecule has 0 unspecified atom stereocenters. The van der Waals surface area contributed by atoms with Gasteiger partial charge in [-0.3, -0.25) is 4.79 Å². The minimum Gasteiger partial charge on any atom is -0.456 e. The Morgan fingerprint density at radius 3 is 2.48 bits per heavy atom. The van der Waals surface area contributed by atoms with Crippen LogP contribution in [0.2, 0.25) is 10.0 Å². The number of halogens is 2. The van der Waals surface area contributed by atoms with E-state index in [1.54, 1.807) is 42.5 Å². The van der Waals surface area contributed by atoms with Gasteiger partial charge in [0.15, 0.2) is 0 Å². The van der Waals surface area contributed by atoms with Gasteiger partial charge in [-0.05, 0) is 48.0 Å². The molecule has 0 bridgehead atoms. The first-order valence-electron chi connectivity index (χ1n) is 7.67. The van der Waals surface area contributed by atoms with Gasteiger partial charge in [0.05, 0.1) is 11.4 Å². The number of hydrogen-bond acceptors (Lipinski definition) is 2. The Morgan fingerprint density at radius 1 is 0.920 bits per heavy atom. The molecule has 0 aliphatic carbocycles. The Morgan fingerprint density at radius 2 is 1.72 bits per heavy atom. The lowest BCUT2D eigenvalue weighted by molar-refractivity contribution is -0.115. The van der Waals surface area contributed by atoms with Gasteiger partial charge < -0.3 is 10.1 Å². The molecule has 0 heterocycles. The zero-order valence-corrected chi connectivity index (χ0v) is 14.7. The van der Waals surface area contributed by atoms with Crippen LogP contribution in [0.15, 0.2) is 72.8 Å². The van der Waals surface area contributed by atoms with Gasteiger partial charge in [-0.2, -0.15) is 0 Å². The van der Waals surface area contributed by atoms with Crippen molar-refractivity contribution in [3.05, 3.63) is 88.4 Å². The van der Waals surface area contributed by atoms with E-state index in [9.17, 15) is 4.79 Å². The first-order valence-corrected chi connectivity index (χ1v) is 8.42. The van der Waals surface area contributed by atoms with Crippen molar-refractivity contribution in [2.24, 2.45) is 0 Å². The van der Waals surface area contributed by atoms with E-state index in [1.165, 1.54) is 0 Å². The first-order chi connectivity index (χ1) is 12.1. The van der Waals surface area contributed by atoms with Crippen molar-refractivity contribution in [3.8, 4) is 11.5 Å². The van der Waals surface area contributed by atoms with Gasteiger partial charge in [0, 0.05) is 10.7 Å². The van der Waals surface area contributed by atoms with Crippen LogP contribution in [0.5, 0.6) is 11.5 Å². The number of para-hydroxylation sites is 1. The maximum atomic E-state index is 12.2. The quantitative estimate of drug-likeness (QED) is 0.600. The number of benzene rings is 3. The molecule has 0 aromatic heterocycles. The van der Waals surface area contributed by atoms with E-state index in [1.807, 2.05) is 30.3 Å². The summed E-state index contributed by atoms with van der Waals surface area (Å²) in [5, 5.41) is 3.89. The fraction of sp³-hybridized carbons (Fsp3) is 0.0500. The third kappa shape index (κ3) is 4.99. The van der Waals surface area contributed by atoms with Gasteiger partial charge in [-0.25, -0.2) is 0 Å². The van der Waals surface area contributed by atoms with Crippen LogP contribution in [0.4, 0.5) is 5.69 Å². The smallest absolute Gasteiger partial charge is 0.228 e. The summed E-state index contributed by atoms with van der Waals surface area (Å²) in [6.07, 6.45) is 0.220. The molecule has 126 valence electrons. The van der Waals surface area contributed by atoms with Crippen molar-refractivity contribution in [2.75, 3.05) is 5.32 Å². The average molecular weight is 372 g/mol. The average Bonchev–Trinajstić information content (AvgIpc) is 2.59. The third-order valence-corrected chi connectivity index (χ3v) is 3.99. The Hall–Kier alpha value is -2.49. The zero-order chi connectivity index (χ0) is 17.6. The second-order valence-corrected chi connectivity index (χ2v) is 6.26. The van der Waals surface area contributed by atoms with Crippen molar-refractivity contribution >= 4 is 34.8 Å². The fourth-order valence-electron chi connectivity index (χ4n) is 2.31. The molecule has 0 saturated carbocycles. The van der Waals surface area contributed by atoms with E-state index in [0.29, 0.717) is 21.5 Å². The van der Waals surface area contributed by atoms with Crippen molar-refractivity contribution in [1.82, 2.24) is 0 Å². The van der Waals surface area contributed by atoms with Crippen LogP contribution in [0, 0.1) is 0 Å². The van der Waals surface area contributed by atoms with Gasteiger partial charge in [0.25, 0.3) is 0 Å². The van der Waals surface area contributed by atoms with E-state index < -0.39 is 0 Å². The second kappa shape index (κ2) is 8.06. The van der Waals surface area contributed by atoms with E-state index in [-0.39, 0.29) is 12.3 Å². The summed E-state index contributed by atoms with van der Waals surface area (Å²) in [5.41, 5.74) is 1.56. The highest BCUT2D eigenvalue weighted by atomic mass is 35.5. The monoisotopic (exact) mass is 371 g/mol. The molecule has 0 aliphatic heterocycles. The summed E-state index contributed by atoms with van der Waals surface area (Å²) < 4.78 is 5.78. The maximum absolute atomic E-state index is 12.2. The number of anilines is 1. The Kier molecular flexibility index (Phi) is 5.59. The van der Waals surface area contributed by atoms with Crippen molar-refractivity contribution in [3.63, 3.8) is 0 Å². The molecule has 0 saturated heterocycles. The molecule has 3 aromatic carbocycles. The number of hydrogen-bond donors (Lipinski definition) is 1. The molecule has 3 rings (SSSR count). The zero-order valence-electron chi connectivity index (χ0n) is 13.2. The van der Waals surface area contributed by atoms with Gasteiger partial charge in [-0.1, -0.05) is 53.5 Å². The molecule has 3 aromatic rings. The Balaban J connectivity index is 1.71. The minimum atomic E-state index is -0.109. The Labute approximate surface area is 156 Å². The largest absolute Gasteiger partial charge is 0.456 e. The van der Waals surface area contributed by atoms with E-state index in [4.69, 9.17) is 27.9 Å². The van der Waals surface area contributed by atoms with Crippen LogP contribution in [0.3, 0.4) is 0 Å². The molecular weight excluding hydrogens is 357 g/mol. The topological polar surface area (TPSA) is 38.3 Å². The Bertz CT molecular complexity index is 882. The van der Waals surface area contributed by atoms with Gasteiger partial charge >= 0.3 is 0 Å². The maximum Gasteiger partial charge on any atom is 0.228 e. The lowest BCUT2D eigenvalue weighted by Crippen LogP contribution is -2.14. The van der Waals surface area contributed by atoms with Crippen molar-refractivity contribution < 1.29 is 9.53 Å². The molecule has 0 spiro atoms. The second-order valence-electron chi connectivity index (χ2n) is 5.42. The van der Waals surface area contributed by atoms with Gasteiger partial charge in [-0.15, -0.1) is 0 Å². The lowest BCUT2D eigenvalue weighted by atomic mass is 10.1. The van der Waals surface area contributed by atoms with Crippen molar-refractivity contribution in [1.29, 1.82) is 0 Å². The number of rotatable bonds is 5. The van der Waals surface area contributed by atoms with Gasteiger partial charge in [0.2, 0.25) is 5.91 Å². The molecule has 0 radical (unpaired) electrons. The molecule has 0 aliphatic rings. The minimum absolute atomic E-state index is 0.109. The van der Waals surface area contributed by atoms with Crippen molar-refractivity contribution in [2.45, 2.75) is 6.42 Å². The number of nitrogens with one attached hydrogen (secondary N) is 1. The highest BCUT2D eigenvalue weighted by molar-refractivity contribution is 6.32. The predicted molar refractivity (Wildman–Crippen MR) is 102 cm³/mol. The van der Waals surface area contributed by atoms with Crippen LogP contribution < -0.4 is 10.1 Å². The normalized spacial score (nSPS) is 10.3. The van der Waals surface area contributed by atoms with Crippen LogP contribution in [0.25, 0.3) is 0 Å². The van der Waals surface area contributed by atoms with E-state index in [2.05, 4.69) is 5.32 Å². The highest BCUT2D eigenvalue weighted by Crippen LogP contribution is 2.31.